The number of hydrogen-bond acceptors (Lipinski definition) is 3. The maximum absolute atomic E-state index is 11.6. The minimum atomic E-state index is -0.213. The van der Waals surface area contributed by atoms with E-state index in [0.29, 0.717) is 18.4 Å². The van der Waals surface area contributed by atoms with Gasteiger partial charge in [-0.2, -0.15) is 0 Å². The van der Waals surface area contributed by atoms with Crippen molar-refractivity contribution in [2.45, 2.75) is 85.7 Å². The first-order valence-electron chi connectivity index (χ1n) is 9.99. The minimum absolute atomic E-state index is 0.0475. The zero-order valence-electron chi connectivity index (χ0n) is 17.2. The van der Waals surface area contributed by atoms with Gasteiger partial charge in [-0.15, -0.1) is 0 Å². The summed E-state index contributed by atoms with van der Waals surface area (Å²) >= 11 is 0. The smallest absolute Gasteiger partial charge is 0.331 e. The molecule has 1 aliphatic rings. The van der Waals surface area contributed by atoms with E-state index in [1.165, 1.54) is 18.4 Å². The third-order valence-electron chi connectivity index (χ3n) is 5.35. The number of allylic oxidation sites excluding steroid dienone is 3. The standard InChI is InChI=1S/C22H38O3/c1-7-24-21(23)16-20-11-9-10-19(15-20)14-17(3)12-13-18(4)22(5,6)25-8-2/h15-18H,7-14H2,1-6H3/b20-16+. The lowest BCUT2D eigenvalue weighted by Gasteiger charge is -2.32. The highest BCUT2D eigenvalue weighted by Crippen LogP contribution is 2.31. The van der Waals surface area contributed by atoms with Gasteiger partial charge in [0, 0.05) is 12.7 Å². The minimum Gasteiger partial charge on any atom is -0.463 e. The maximum atomic E-state index is 11.6. The Bertz CT molecular complexity index is 474. The molecule has 1 aliphatic carbocycles. The number of carbonyl (C=O) groups is 1. The fraction of sp³-hybridized carbons (Fsp3) is 0.773. The first kappa shape index (κ1) is 22.0. The molecule has 0 N–H and O–H groups in total. The van der Waals surface area contributed by atoms with Crippen LogP contribution in [0.1, 0.15) is 80.1 Å². The molecule has 0 amide bonds. The first-order chi connectivity index (χ1) is 11.8. The van der Waals surface area contributed by atoms with Crippen molar-refractivity contribution in [1.29, 1.82) is 0 Å². The Labute approximate surface area is 154 Å². The van der Waals surface area contributed by atoms with Gasteiger partial charge in [-0.3, -0.25) is 0 Å². The molecule has 0 spiro atoms. The van der Waals surface area contributed by atoms with E-state index in [9.17, 15) is 4.79 Å². The molecule has 0 saturated heterocycles. The molecule has 144 valence electrons. The summed E-state index contributed by atoms with van der Waals surface area (Å²) in [6.07, 6.45) is 10.7. The molecule has 3 heteroatoms. The van der Waals surface area contributed by atoms with Crippen LogP contribution in [0.4, 0.5) is 0 Å². The lowest BCUT2D eigenvalue weighted by molar-refractivity contribution is -0.137. The summed E-state index contributed by atoms with van der Waals surface area (Å²) < 4.78 is 10.9. The zero-order valence-corrected chi connectivity index (χ0v) is 17.2. The van der Waals surface area contributed by atoms with Gasteiger partial charge >= 0.3 is 5.97 Å². The van der Waals surface area contributed by atoms with Crippen molar-refractivity contribution in [2.24, 2.45) is 11.8 Å². The van der Waals surface area contributed by atoms with Crippen LogP contribution in [-0.4, -0.2) is 24.8 Å². The van der Waals surface area contributed by atoms with Crippen molar-refractivity contribution in [2.75, 3.05) is 13.2 Å². The van der Waals surface area contributed by atoms with Crippen LogP contribution in [0.2, 0.25) is 0 Å². The summed E-state index contributed by atoms with van der Waals surface area (Å²) in [4.78, 5) is 11.6. The van der Waals surface area contributed by atoms with Crippen molar-refractivity contribution < 1.29 is 14.3 Å². The van der Waals surface area contributed by atoms with Crippen LogP contribution in [0.5, 0.6) is 0 Å². The normalized spacial score (nSPS) is 19.4. The fourth-order valence-electron chi connectivity index (χ4n) is 3.48. The molecule has 0 aliphatic heterocycles. The molecule has 1 rings (SSSR count). The highest BCUT2D eigenvalue weighted by atomic mass is 16.5. The number of hydrogen-bond donors (Lipinski definition) is 0. The van der Waals surface area contributed by atoms with E-state index >= 15 is 0 Å². The van der Waals surface area contributed by atoms with Crippen LogP contribution in [0.25, 0.3) is 0 Å². The summed E-state index contributed by atoms with van der Waals surface area (Å²) in [6, 6.07) is 0. The van der Waals surface area contributed by atoms with Gasteiger partial charge in [-0.25, -0.2) is 4.79 Å². The van der Waals surface area contributed by atoms with Crippen LogP contribution in [0.3, 0.4) is 0 Å². The number of carbonyl (C=O) groups excluding carboxylic acids is 1. The van der Waals surface area contributed by atoms with Crippen molar-refractivity contribution in [3.63, 3.8) is 0 Å². The second-order valence-electron chi connectivity index (χ2n) is 7.95. The van der Waals surface area contributed by atoms with Gasteiger partial charge in [0.05, 0.1) is 12.2 Å². The highest BCUT2D eigenvalue weighted by Gasteiger charge is 2.26. The Kier molecular flexibility index (Phi) is 9.48. The molecule has 0 aromatic heterocycles. The SMILES string of the molecule is CCOC(=O)/C=C1/C=C(CC(C)CCC(C)C(C)(C)OCC)CCC1. The lowest BCUT2D eigenvalue weighted by Crippen LogP contribution is -2.33. The highest BCUT2D eigenvalue weighted by molar-refractivity contribution is 5.83. The van der Waals surface area contributed by atoms with E-state index in [1.54, 1.807) is 6.08 Å². The summed E-state index contributed by atoms with van der Waals surface area (Å²) in [5, 5.41) is 0. The Balaban J connectivity index is 2.51. The van der Waals surface area contributed by atoms with Crippen molar-refractivity contribution in [3.05, 3.63) is 23.3 Å². The molecule has 0 radical (unpaired) electrons. The average molecular weight is 351 g/mol. The summed E-state index contributed by atoms with van der Waals surface area (Å²) in [7, 11) is 0. The van der Waals surface area contributed by atoms with Gasteiger partial charge in [0.15, 0.2) is 0 Å². The predicted molar refractivity (Wildman–Crippen MR) is 105 cm³/mol. The van der Waals surface area contributed by atoms with E-state index in [-0.39, 0.29) is 11.6 Å². The van der Waals surface area contributed by atoms with Gasteiger partial charge in [-0.1, -0.05) is 31.9 Å². The number of esters is 1. The summed E-state index contributed by atoms with van der Waals surface area (Å²) in [6.45, 7) is 14.1. The van der Waals surface area contributed by atoms with Gasteiger partial charge in [0.1, 0.15) is 0 Å². The lowest BCUT2D eigenvalue weighted by atomic mass is 9.83. The molecule has 0 saturated carbocycles. The zero-order chi connectivity index (χ0) is 18.9. The van der Waals surface area contributed by atoms with Crippen molar-refractivity contribution in [1.82, 2.24) is 0 Å². The van der Waals surface area contributed by atoms with Crippen LogP contribution < -0.4 is 0 Å². The third kappa shape index (κ3) is 8.22. The second kappa shape index (κ2) is 10.8. The summed E-state index contributed by atoms with van der Waals surface area (Å²) in [5.74, 6) is 0.998. The first-order valence-corrected chi connectivity index (χ1v) is 9.99. The molecular weight excluding hydrogens is 312 g/mol. The van der Waals surface area contributed by atoms with Crippen molar-refractivity contribution >= 4 is 5.97 Å². The van der Waals surface area contributed by atoms with Crippen LogP contribution in [0.15, 0.2) is 23.3 Å². The number of rotatable bonds is 10. The van der Waals surface area contributed by atoms with E-state index < -0.39 is 0 Å². The molecule has 0 aromatic rings. The molecule has 2 unspecified atom stereocenters. The Hall–Kier alpha value is -1.09. The summed E-state index contributed by atoms with van der Waals surface area (Å²) in [5.41, 5.74) is 2.55. The quantitative estimate of drug-likeness (QED) is 0.366. The van der Waals surface area contributed by atoms with Gasteiger partial charge in [0.2, 0.25) is 0 Å². The molecular formula is C22H38O3. The molecule has 0 heterocycles. The van der Waals surface area contributed by atoms with Gasteiger partial charge in [-0.05, 0) is 77.2 Å². The van der Waals surface area contributed by atoms with Gasteiger partial charge < -0.3 is 9.47 Å². The average Bonchev–Trinajstić information content (AvgIpc) is 2.53. The Morgan fingerprint density at radius 2 is 1.92 bits per heavy atom. The van der Waals surface area contributed by atoms with E-state index in [4.69, 9.17) is 9.47 Å². The van der Waals surface area contributed by atoms with Gasteiger partial charge in [0.25, 0.3) is 0 Å². The Morgan fingerprint density at radius 3 is 2.56 bits per heavy atom. The largest absolute Gasteiger partial charge is 0.463 e. The monoisotopic (exact) mass is 350 g/mol. The van der Waals surface area contributed by atoms with Crippen molar-refractivity contribution in [3.8, 4) is 0 Å². The van der Waals surface area contributed by atoms with Crippen LogP contribution in [0, 0.1) is 11.8 Å². The van der Waals surface area contributed by atoms with E-state index in [0.717, 1.165) is 37.9 Å². The molecule has 0 bridgehead atoms. The fourth-order valence-corrected chi connectivity index (χ4v) is 3.48. The molecule has 0 fully saturated rings. The molecule has 3 nitrogen and oxygen atoms in total. The van der Waals surface area contributed by atoms with E-state index in [2.05, 4.69) is 40.7 Å². The number of ether oxygens (including phenoxy) is 2. The van der Waals surface area contributed by atoms with Crippen LogP contribution in [-0.2, 0) is 14.3 Å². The molecule has 2 atom stereocenters. The third-order valence-corrected chi connectivity index (χ3v) is 5.35. The maximum Gasteiger partial charge on any atom is 0.331 e. The Morgan fingerprint density at radius 1 is 1.20 bits per heavy atom. The topological polar surface area (TPSA) is 35.5 Å². The molecule has 25 heavy (non-hydrogen) atoms. The second-order valence-corrected chi connectivity index (χ2v) is 7.95. The van der Waals surface area contributed by atoms with Crippen LogP contribution >= 0.6 is 0 Å². The molecule has 0 aromatic carbocycles. The predicted octanol–water partition coefficient (Wildman–Crippen LogP) is 5.84. The van der Waals surface area contributed by atoms with E-state index in [1.807, 2.05) is 6.92 Å².